The summed E-state index contributed by atoms with van der Waals surface area (Å²) < 4.78 is 2.46. The first-order valence-electron chi connectivity index (χ1n) is 10.8. The molecule has 2 amide bonds. The number of nitrogens with zero attached hydrogens (tertiary/aromatic N) is 4. The molecule has 0 atom stereocenters. The number of fused-ring (bicyclic) bond motifs is 2. The quantitative estimate of drug-likeness (QED) is 0.513. The molecule has 1 aliphatic rings. The lowest BCUT2D eigenvalue weighted by atomic mass is 10.00. The van der Waals surface area contributed by atoms with E-state index in [1.807, 2.05) is 48.5 Å². The summed E-state index contributed by atoms with van der Waals surface area (Å²) in [5.41, 5.74) is 3.65. The minimum Gasteiger partial charge on any atom is -0.348 e. The lowest BCUT2D eigenvalue weighted by Gasteiger charge is -2.28. The van der Waals surface area contributed by atoms with Gasteiger partial charge in [-0.3, -0.25) is 9.59 Å². The Balaban J connectivity index is 1.30. The molecule has 2 aromatic carbocycles. The molecule has 0 radical (unpaired) electrons. The van der Waals surface area contributed by atoms with E-state index in [9.17, 15) is 14.4 Å². The van der Waals surface area contributed by atoms with Crippen LogP contribution in [-0.2, 0) is 30.8 Å². The van der Waals surface area contributed by atoms with E-state index in [1.54, 1.807) is 17.0 Å². The fourth-order valence-corrected chi connectivity index (χ4v) is 4.07. The fraction of sp³-hybridized carbons (Fsp3) is 0.200. The van der Waals surface area contributed by atoms with E-state index in [0.717, 1.165) is 22.2 Å². The number of hydrogen-bond donors (Lipinski definition) is 1. The predicted octanol–water partition coefficient (Wildman–Crippen LogP) is 2.01. The third kappa shape index (κ3) is 4.27. The Morgan fingerprint density at radius 1 is 0.939 bits per heavy atom. The molecule has 3 heterocycles. The van der Waals surface area contributed by atoms with Gasteiger partial charge in [-0.1, -0.05) is 54.6 Å². The molecule has 4 aromatic rings. The Morgan fingerprint density at radius 3 is 2.52 bits per heavy atom. The number of nitrogens with one attached hydrogen (secondary N) is 1. The zero-order valence-electron chi connectivity index (χ0n) is 18.0. The third-order valence-corrected chi connectivity index (χ3v) is 5.90. The molecule has 0 aliphatic carbocycles. The zero-order chi connectivity index (χ0) is 22.8. The number of benzene rings is 2. The number of carbonyl (C=O) groups is 2. The lowest BCUT2D eigenvalue weighted by Crippen LogP contribution is -2.39. The molecule has 0 fully saturated rings. The van der Waals surface area contributed by atoms with Gasteiger partial charge >= 0.3 is 5.69 Å². The Bertz CT molecular complexity index is 1390. The summed E-state index contributed by atoms with van der Waals surface area (Å²) >= 11 is 0. The highest BCUT2D eigenvalue weighted by Crippen LogP contribution is 2.18. The maximum Gasteiger partial charge on any atom is 0.350 e. The first-order chi connectivity index (χ1) is 16.1. The van der Waals surface area contributed by atoms with Crippen LogP contribution in [0.1, 0.15) is 27.0 Å². The highest BCUT2D eigenvalue weighted by molar-refractivity contribution is 5.94. The van der Waals surface area contributed by atoms with Crippen LogP contribution in [0.2, 0.25) is 0 Å². The highest BCUT2D eigenvalue weighted by atomic mass is 16.2. The van der Waals surface area contributed by atoms with E-state index in [-0.39, 0.29) is 18.4 Å². The van der Waals surface area contributed by atoms with E-state index in [0.29, 0.717) is 30.8 Å². The smallest absolute Gasteiger partial charge is 0.348 e. The Hall–Kier alpha value is -4.20. The van der Waals surface area contributed by atoms with E-state index in [2.05, 4.69) is 16.5 Å². The number of hydrogen-bond acceptors (Lipinski definition) is 4. The van der Waals surface area contributed by atoms with Crippen molar-refractivity contribution in [2.24, 2.45) is 0 Å². The van der Waals surface area contributed by atoms with Crippen molar-refractivity contribution in [3.8, 4) is 0 Å². The number of carbonyl (C=O) groups excluding carboxylic acids is 2. The second kappa shape index (κ2) is 8.74. The van der Waals surface area contributed by atoms with Gasteiger partial charge in [-0.05, 0) is 35.2 Å². The molecule has 166 valence electrons. The van der Waals surface area contributed by atoms with E-state index >= 15 is 0 Å². The second-order valence-electron chi connectivity index (χ2n) is 8.09. The Kier molecular flexibility index (Phi) is 5.48. The van der Waals surface area contributed by atoms with Crippen molar-refractivity contribution in [2.75, 3.05) is 6.54 Å². The van der Waals surface area contributed by atoms with Gasteiger partial charge in [0.25, 0.3) is 5.91 Å². The predicted molar refractivity (Wildman–Crippen MR) is 123 cm³/mol. The van der Waals surface area contributed by atoms with Gasteiger partial charge in [0.1, 0.15) is 6.54 Å². The van der Waals surface area contributed by atoms with Crippen molar-refractivity contribution in [3.63, 3.8) is 0 Å². The highest BCUT2D eigenvalue weighted by Gasteiger charge is 2.22. The number of aromatic nitrogens is 3. The Morgan fingerprint density at radius 2 is 1.70 bits per heavy atom. The van der Waals surface area contributed by atoms with E-state index in [1.165, 1.54) is 16.2 Å². The van der Waals surface area contributed by atoms with Crippen molar-refractivity contribution in [1.82, 2.24) is 24.4 Å². The van der Waals surface area contributed by atoms with Gasteiger partial charge in [-0.25, -0.2) is 13.9 Å². The monoisotopic (exact) mass is 441 g/mol. The molecule has 0 saturated heterocycles. The standard InChI is InChI=1S/C25H23N5O3/c31-23(28-13-12-19-8-4-5-9-20(19)15-28)17-30-25(33)29-16-21(10-11-22(29)27-30)24(32)26-14-18-6-2-1-3-7-18/h1-11,16H,12-15,17H2,(H,26,32). The van der Waals surface area contributed by atoms with Crippen molar-refractivity contribution in [3.05, 3.63) is 106 Å². The molecule has 8 heteroatoms. The summed E-state index contributed by atoms with van der Waals surface area (Å²) in [6.45, 7) is 1.39. The fourth-order valence-electron chi connectivity index (χ4n) is 4.07. The SMILES string of the molecule is O=C(NCc1ccccc1)c1ccc2nn(CC(=O)N3CCc4ccccc4C3)c(=O)n2c1. The summed E-state index contributed by atoms with van der Waals surface area (Å²) in [6, 6.07) is 20.9. The molecule has 2 aromatic heterocycles. The van der Waals surface area contributed by atoms with Crippen molar-refractivity contribution < 1.29 is 9.59 Å². The van der Waals surface area contributed by atoms with Crippen LogP contribution in [-0.4, -0.2) is 37.4 Å². The summed E-state index contributed by atoms with van der Waals surface area (Å²) in [5, 5.41) is 7.12. The second-order valence-corrected chi connectivity index (χ2v) is 8.09. The molecule has 0 spiro atoms. The van der Waals surface area contributed by atoms with Crippen LogP contribution in [0.15, 0.2) is 77.7 Å². The molecule has 33 heavy (non-hydrogen) atoms. The molecule has 8 nitrogen and oxygen atoms in total. The van der Waals surface area contributed by atoms with E-state index < -0.39 is 5.69 Å². The van der Waals surface area contributed by atoms with Crippen molar-refractivity contribution in [2.45, 2.75) is 26.1 Å². The minimum absolute atomic E-state index is 0.141. The number of amides is 2. The van der Waals surface area contributed by atoms with Crippen LogP contribution in [0.5, 0.6) is 0 Å². The van der Waals surface area contributed by atoms with Gasteiger partial charge in [-0.15, -0.1) is 5.10 Å². The molecule has 0 saturated carbocycles. The van der Waals surface area contributed by atoms with Gasteiger partial charge < -0.3 is 10.2 Å². The average Bonchev–Trinajstić information content (AvgIpc) is 3.17. The zero-order valence-corrected chi connectivity index (χ0v) is 18.0. The number of pyridine rings is 1. The number of rotatable bonds is 5. The summed E-state index contributed by atoms with van der Waals surface area (Å²) in [7, 11) is 0. The van der Waals surface area contributed by atoms with E-state index in [4.69, 9.17) is 0 Å². The average molecular weight is 441 g/mol. The molecule has 1 N–H and O–H groups in total. The van der Waals surface area contributed by atoms with Gasteiger partial charge in [0.05, 0.1) is 5.56 Å². The van der Waals surface area contributed by atoms with Crippen molar-refractivity contribution in [1.29, 1.82) is 0 Å². The normalized spacial score (nSPS) is 13.0. The molecular weight excluding hydrogens is 418 g/mol. The van der Waals surface area contributed by atoms with Crippen LogP contribution in [0.25, 0.3) is 5.65 Å². The van der Waals surface area contributed by atoms with Gasteiger partial charge in [-0.2, -0.15) is 0 Å². The first-order valence-corrected chi connectivity index (χ1v) is 10.8. The maximum absolute atomic E-state index is 12.9. The van der Waals surface area contributed by atoms with Gasteiger partial charge in [0.2, 0.25) is 5.91 Å². The minimum atomic E-state index is -0.450. The summed E-state index contributed by atoms with van der Waals surface area (Å²) in [4.78, 5) is 40.0. The molecule has 0 bridgehead atoms. The Labute approximate surface area is 190 Å². The topological polar surface area (TPSA) is 88.7 Å². The van der Waals surface area contributed by atoms with Crippen LogP contribution in [0, 0.1) is 0 Å². The summed E-state index contributed by atoms with van der Waals surface area (Å²) in [5.74, 6) is -0.445. The third-order valence-electron chi connectivity index (χ3n) is 5.90. The van der Waals surface area contributed by atoms with Crippen molar-refractivity contribution >= 4 is 17.5 Å². The van der Waals surface area contributed by atoms with Crippen LogP contribution in [0.4, 0.5) is 0 Å². The molecule has 1 aliphatic heterocycles. The largest absolute Gasteiger partial charge is 0.350 e. The summed E-state index contributed by atoms with van der Waals surface area (Å²) in [6.07, 6.45) is 2.26. The van der Waals surface area contributed by atoms with Crippen LogP contribution < -0.4 is 11.0 Å². The van der Waals surface area contributed by atoms with Gasteiger partial charge in [0, 0.05) is 25.8 Å². The molecule has 0 unspecified atom stereocenters. The maximum atomic E-state index is 12.9. The van der Waals surface area contributed by atoms with Gasteiger partial charge in [0.15, 0.2) is 5.65 Å². The molecule has 5 rings (SSSR count). The lowest BCUT2D eigenvalue weighted by molar-refractivity contribution is -0.133. The van der Waals surface area contributed by atoms with Crippen LogP contribution in [0.3, 0.4) is 0 Å². The first kappa shape index (κ1) is 20.7. The van der Waals surface area contributed by atoms with Crippen LogP contribution >= 0.6 is 0 Å². The molecular formula is C25H23N5O3.